The van der Waals surface area contributed by atoms with Crippen molar-refractivity contribution in [1.29, 1.82) is 0 Å². The Morgan fingerprint density at radius 3 is 2.38 bits per heavy atom. The Labute approximate surface area is 126 Å². The Morgan fingerprint density at radius 2 is 1.81 bits per heavy atom. The van der Waals surface area contributed by atoms with Crippen LogP contribution < -0.4 is 14.9 Å². The van der Waals surface area contributed by atoms with E-state index in [9.17, 15) is 13.2 Å². The fourth-order valence-electron chi connectivity index (χ4n) is 1.59. The molecule has 0 unspecified atom stereocenters. The number of para-hydroxylation sites is 1. The van der Waals surface area contributed by atoms with Gasteiger partial charge in [0.2, 0.25) is 10.0 Å². The fourth-order valence-corrected chi connectivity index (χ4v) is 2.67. The largest absolute Gasteiger partial charge is 0.338 e. The summed E-state index contributed by atoms with van der Waals surface area (Å²) in [5.41, 5.74) is 0.599. The fraction of sp³-hybridized carbons (Fsp3) is 0.500. The number of anilines is 1. The van der Waals surface area contributed by atoms with Crippen molar-refractivity contribution in [3.8, 4) is 0 Å². The number of hydrogen-bond acceptors (Lipinski definition) is 3. The highest BCUT2D eigenvalue weighted by Gasteiger charge is 2.18. The topological polar surface area (TPSA) is 78.5 Å². The Bertz CT molecular complexity index is 544. The number of carbonyl (C=O) groups excluding carboxylic acids is 1. The smallest absolute Gasteiger partial charge is 0.314 e. The van der Waals surface area contributed by atoms with Crippen LogP contribution in [0.15, 0.2) is 30.3 Å². The van der Waals surface area contributed by atoms with Gasteiger partial charge in [-0.3, -0.25) is 4.31 Å². The van der Waals surface area contributed by atoms with Gasteiger partial charge in [0.25, 0.3) is 0 Å². The second-order valence-corrected chi connectivity index (χ2v) is 7.27. The highest BCUT2D eigenvalue weighted by atomic mass is 32.2. The van der Waals surface area contributed by atoms with E-state index in [0.717, 1.165) is 0 Å². The third-order valence-electron chi connectivity index (χ3n) is 2.85. The second kappa shape index (κ2) is 7.87. The van der Waals surface area contributed by atoms with Gasteiger partial charge in [-0.05, 0) is 18.1 Å². The maximum absolute atomic E-state index is 12.1. The second-order valence-electron chi connectivity index (χ2n) is 5.15. The number of sulfonamides is 1. The molecule has 0 aliphatic carbocycles. The van der Waals surface area contributed by atoms with Gasteiger partial charge in [-0.2, -0.15) is 0 Å². The summed E-state index contributed by atoms with van der Waals surface area (Å²) in [6, 6.07) is 8.48. The van der Waals surface area contributed by atoms with Crippen molar-refractivity contribution in [3.05, 3.63) is 30.3 Å². The van der Waals surface area contributed by atoms with E-state index in [4.69, 9.17) is 0 Å². The molecular formula is C14H23N3O3S. The van der Waals surface area contributed by atoms with E-state index in [1.165, 1.54) is 11.4 Å². The van der Waals surface area contributed by atoms with Crippen molar-refractivity contribution in [1.82, 2.24) is 10.6 Å². The van der Waals surface area contributed by atoms with E-state index in [-0.39, 0.29) is 18.3 Å². The van der Waals surface area contributed by atoms with E-state index < -0.39 is 10.0 Å². The summed E-state index contributed by atoms with van der Waals surface area (Å²) in [6.45, 7) is 4.60. The molecule has 1 aromatic carbocycles. The summed E-state index contributed by atoms with van der Waals surface area (Å²) in [5.74, 6) is 0.205. The maximum Gasteiger partial charge on any atom is 0.314 e. The van der Waals surface area contributed by atoms with Gasteiger partial charge in [0.1, 0.15) is 0 Å². The summed E-state index contributed by atoms with van der Waals surface area (Å²) >= 11 is 0. The summed E-state index contributed by atoms with van der Waals surface area (Å²) in [4.78, 5) is 11.4. The maximum atomic E-state index is 12.1. The van der Waals surface area contributed by atoms with Crippen LogP contribution in [-0.4, -0.2) is 40.3 Å². The van der Waals surface area contributed by atoms with Crippen LogP contribution in [0.3, 0.4) is 0 Å². The molecule has 0 atom stereocenters. The van der Waals surface area contributed by atoms with Gasteiger partial charge >= 0.3 is 6.03 Å². The first-order valence-electron chi connectivity index (χ1n) is 6.86. The predicted octanol–water partition coefficient (Wildman–Crippen LogP) is 1.41. The standard InChI is InChI=1S/C14H23N3O3S/c1-12(2)11-16-14(18)15-9-10-21(19,20)17(3)13-7-5-4-6-8-13/h4-8,12H,9-11H2,1-3H3,(H2,15,16,18). The van der Waals surface area contributed by atoms with E-state index in [1.54, 1.807) is 24.3 Å². The first-order valence-corrected chi connectivity index (χ1v) is 8.47. The molecule has 0 bridgehead atoms. The third kappa shape index (κ3) is 6.03. The number of benzene rings is 1. The van der Waals surface area contributed by atoms with E-state index >= 15 is 0 Å². The average molecular weight is 313 g/mol. The lowest BCUT2D eigenvalue weighted by molar-refractivity contribution is 0.240. The summed E-state index contributed by atoms with van der Waals surface area (Å²) in [7, 11) is -1.95. The molecule has 0 heterocycles. The van der Waals surface area contributed by atoms with Gasteiger partial charge in [-0.15, -0.1) is 0 Å². The van der Waals surface area contributed by atoms with Crippen LogP contribution in [0.5, 0.6) is 0 Å². The third-order valence-corrected chi connectivity index (χ3v) is 4.62. The van der Waals surface area contributed by atoms with Crippen LogP contribution >= 0.6 is 0 Å². The molecule has 118 valence electrons. The van der Waals surface area contributed by atoms with Gasteiger partial charge in [0, 0.05) is 20.1 Å². The van der Waals surface area contributed by atoms with Crippen LogP contribution in [0.25, 0.3) is 0 Å². The molecule has 0 aliphatic heterocycles. The molecule has 0 fully saturated rings. The quantitative estimate of drug-likeness (QED) is 0.799. The van der Waals surface area contributed by atoms with Crippen molar-refractivity contribution in [2.45, 2.75) is 13.8 Å². The predicted molar refractivity (Wildman–Crippen MR) is 84.9 cm³/mol. The molecule has 0 saturated carbocycles. The van der Waals surface area contributed by atoms with E-state index in [0.29, 0.717) is 18.2 Å². The van der Waals surface area contributed by atoms with Gasteiger partial charge in [-0.1, -0.05) is 32.0 Å². The number of amides is 2. The zero-order valence-corrected chi connectivity index (χ0v) is 13.5. The van der Waals surface area contributed by atoms with Crippen molar-refractivity contribution < 1.29 is 13.2 Å². The minimum atomic E-state index is -3.45. The van der Waals surface area contributed by atoms with Crippen molar-refractivity contribution in [2.75, 3.05) is 30.2 Å². The normalized spacial score (nSPS) is 11.2. The first kappa shape index (κ1) is 17.3. The number of carbonyl (C=O) groups is 1. The molecule has 0 aromatic heterocycles. The van der Waals surface area contributed by atoms with Crippen LogP contribution in [-0.2, 0) is 10.0 Å². The zero-order valence-electron chi connectivity index (χ0n) is 12.7. The Hall–Kier alpha value is -1.76. The lowest BCUT2D eigenvalue weighted by Gasteiger charge is -2.19. The van der Waals surface area contributed by atoms with E-state index in [2.05, 4.69) is 10.6 Å². The molecule has 6 nitrogen and oxygen atoms in total. The van der Waals surface area contributed by atoms with Crippen LogP contribution in [0.4, 0.5) is 10.5 Å². The van der Waals surface area contributed by atoms with Crippen LogP contribution in [0.2, 0.25) is 0 Å². The summed E-state index contributed by atoms with van der Waals surface area (Å²) in [6.07, 6.45) is 0. The zero-order chi connectivity index (χ0) is 15.9. The van der Waals surface area contributed by atoms with Crippen molar-refractivity contribution in [3.63, 3.8) is 0 Å². The molecule has 1 rings (SSSR count). The molecule has 0 aliphatic rings. The van der Waals surface area contributed by atoms with E-state index in [1.807, 2.05) is 19.9 Å². The lowest BCUT2D eigenvalue weighted by Crippen LogP contribution is -2.41. The minimum absolute atomic E-state index is 0.0729. The number of hydrogen-bond donors (Lipinski definition) is 2. The monoisotopic (exact) mass is 313 g/mol. The SMILES string of the molecule is CC(C)CNC(=O)NCCS(=O)(=O)N(C)c1ccccc1. The first-order chi connectivity index (χ1) is 9.83. The summed E-state index contributed by atoms with van der Waals surface area (Å²) < 4.78 is 25.5. The highest BCUT2D eigenvalue weighted by Crippen LogP contribution is 2.14. The number of nitrogens with zero attached hydrogens (tertiary/aromatic N) is 1. The van der Waals surface area contributed by atoms with Gasteiger partial charge in [0.05, 0.1) is 11.4 Å². The molecule has 7 heteroatoms. The van der Waals surface area contributed by atoms with Gasteiger partial charge < -0.3 is 10.6 Å². The molecule has 21 heavy (non-hydrogen) atoms. The van der Waals surface area contributed by atoms with Crippen LogP contribution in [0.1, 0.15) is 13.8 Å². The number of rotatable bonds is 7. The van der Waals surface area contributed by atoms with Gasteiger partial charge in [0.15, 0.2) is 0 Å². The van der Waals surface area contributed by atoms with Crippen LogP contribution in [0, 0.1) is 5.92 Å². The minimum Gasteiger partial charge on any atom is -0.338 e. The van der Waals surface area contributed by atoms with Gasteiger partial charge in [-0.25, -0.2) is 13.2 Å². The number of urea groups is 1. The number of nitrogens with one attached hydrogen (secondary N) is 2. The Morgan fingerprint density at radius 1 is 1.19 bits per heavy atom. The molecule has 1 aromatic rings. The molecule has 2 amide bonds. The van der Waals surface area contributed by atoms with Crippen molar-refractivity contribution >= 4 is 21.7 Å². The molecule has 0 spiro atoms. The van der Waals surface area contributed by atoms with Crippen molar-refractivity contribution in [2.24, 2.45) is 5.92 Å². The molecular weight excluding hydrogens is 290 g/mol. The average Bonchev–Trinajstić information content (AvgIpc) is 2.45. The highest BCUT2D eigenvalue weighted by molar-refractivity contribution is 7.92. The summed E-state index contributed by atoms with van der Waals surface area (Å²) in [5, 5.41) is 5.22. The molecule has 0 radical (unpaired) electrons. The Kier molecular flexibility index (Phi) is 6.48. The molecule has 0 saturated heterocycles. The molecule has 2 N–H and O–H groups in total. The lowest BCUT2D eigenvalue weighted by atomic mass is 10.2. The Balaban J connectivity index is 2.45.